The van der Waals surface area contributed by atoms with Gasteiger partial charge in [-0.1, -0.05) is 26.8 Å². The Labute approximate surface area is 365 Å². The number of nitrogens with two attached hydrogens (primary N) is 1. The molecule has 1 saturated heterocycles. The van der Waals surface area contributed by atoms with Gasteiger partial charge in [-0.2, -0.15) is 4.89 Å². The van der Waals surface area contributed by atoms with Gasteiger partial charge in [0.15, 0.2) is 29.6 Å². The van der Waals surface area contributed by atoms with Crippen molar-refractivity contribution in [1.29, 1.82) is 0 Å². The van der Waals surface area contributed by atoms with Crippen LogP contribution in [0.2, 0.25) is 0 Å². The molecule has 4 aliphatic rings. The Bertz CT molecular complexity index is 2080. The van der Waals surface area contributed by atoms with E-state index in [2.05, 4.69) is 19.2 Å². The maximum Gasteiger partial charge on any atom is 0.317 e. The van der Waals surface area contributed by atoms with Crippen molar-refractivity contribution >= 4 is 11.9 Å². The number of rotatable bonds is 21. The van der Waals surface area contributed by atoms with Gasteiger partial charge in [0.05, 0.1) is 19.1 Å². The SMILES string of the molecule is CCc1cc(O)cc(Cc2cc3c(cc2OO[C@H]2[C@H](OC[C@H](N)CNC)O[C@H](COC(=O)CC(=O)O)[C@@H](OCCCO)[C@@H]2O)[C@H]2Oc4c(cc5c(c4CC(C)C)OCO5)[C@H]2CO3)c1. The number of carboxylic acid groups (broad SMARTS) is 1. The second-order valence-corrected chi connectivity index (χ2v) is 16.6. The third-order valence-corrected chi connectivity index (χ3v) is 11.2. The van der Waals surface area contributed by atoms with Crippen LogP contribution in [0.25, 0.3) is 0 Å². The van der Waals surface area contributed by atoms with E-state index >= 15 is 0 Å². The molecule has 0 amide bonds. The largest absolute Gasteiger partial charge is 0.508 e. The predicted octanol–water partition coefficient (Wildman–Crippen LogP) is 3.20. The lowest BCUT2D eigenvalue weighted by molar-refractivity contribution is -0.376. The van der Waals surface area contributed by atoms with Crippen LogP contribution in [-0.4, -0.2) is 123 Å². The third kappa shape index (κ3) is 10.7. The summed E-state index contributed by atoms with van der Waals surface area (Å²) >= 11 is 0. The average Bonchev–Trinajstić information content (AvgIpc) is 3.87. The number of likely N-dealkylation sites (N-methyl/N-ethyl adjacent to an activating group) is 1. The number of aliphatic hydroxyl groups excluding tert-OH is 2. The normalized spacial score (nSPS) is 23.6. The molecule has 3 aromatic rings. The summed E-state index contributed by atoms with van der Waals surface area (Å²) < 4.78 is 48.6. The Morgan fingerprint density at radius 1 is 0.984 bits per heavy atom. The maximum absolute atomic E-state index is 12.3. The number of carbonyl (C=O) groups excluding carboxylic acids is 1. The number of carboxylic acids is 1. The highest BCUT2D eigenvalue weighted by Gasteiger charge is 2.50. The molecule has 344 valence electrons. The molecule has 4 aliphatic heterocycles. The number of phenols is 1. The molecule has 0 saturated carbocycles. The molecule has 0 aliphatic carbocycles. The van der Waals surface area contributed by atoms with Crippen LogP contribution in [0.15, 0.2) is 36.4 Å². The number of nitrogens with one attached hydrogen (secondary N) is 1. The summed E-state index contributed by atoms with van der Waals surface area (Å²) in [5.74, 6) is 0.732. The van der Waals surface area contributed by atoms with Gasteiger partial charge in [-0.15, -0.1) is 0 Å². The number of carbonyl (C=O) groups is 2. The fourth-order valence-electron chi connectivity index (χ4n) is 8.34. The second-order valence-electron chi connectivity index (χ2n) is 16.6. The summed E-state index contributed by atoms with van der Waals surface area (Å²) in [7, 11) is 1.73. The van der Waals surface area contributed by atoms with E-state index in [1.165, 1.54) is 0 Å². The quantitative estimate of drug-likeness (QED) is 0.0296. The molecule has 4 heterocycles. The van der Waals surface area contributed by atoms with Crippen LogP contribution in [0.5, 0.6) is 34.5 Å². The molecule has 7 N–H and O–H groups in total. The molecule has 0 aromatic heterocycles. The van der Waals surface area contributed by atoms with Gasteiger partial charge < -0.3 is 74.3 Å². The highest BCUT2D eigenvalue weighted by atomic mass is 17.2. The Morgan fingerprint density at radius 3 is 2.54 bits per heavy atom. The molecule has 7 rings (SSSR count). The van der Waals surface area contributed by atoms with Gasteiger partial charge in [0.2, 0.25) is 6.79 Å². The number of hydrogen-bond acceptors (Lipinski definition) is 17. The number of fused-ring (bicyclic) bond motifs is 6. The Balaban J connectivity index is 1.23. The monoisotopic (exact) mass is 882 g/mol. The van der Waals surface area contributed by atoms with Gasteiger partial charge in [-0.3, -0.25) is 9.59 Å². The summed E-state index contributed by atoms with van der Waals surface area (Å²) in [6.45, 7) is 6.32. The van der Waals surface area contributed by atoms with Crippen molar-refractivity contribution in [2.24, 2.45) is 11.7 Å². The lowest BCUT2D eigenvalue weighted by Gasteiger charge is -2.43. The molecule has 63 heavy (non-hydrogen) atoms. The number of aliphatic carboxylic acids is 1. The summed E-state index contributed by atoms with van der Waals surface area (Å²) in [6.07, 6.45) is -6.16. The molecule has 0 spiro atoms. The number of ether oxygens (including phenoxy) is 8. The van der Waals surface area contributed by atoms with E-state index in [0.717, 1.165) is 28.0 Å². The van der Waals surface area contributed by atoms with E-state index in [1.807, 2.05) is 25.1 Å². The number of benzene rings is 3. The van der Waals surface area contributed by atoms with Crippen molar-refractivity contribution in [3.63, 3.8) is 0 Å². The van der Waals surface area contributed by atoms with E-state index in [0.29, 0.717) is 60.3 Å². The predicted molar refractivity (Wildman–Crippen MR) is 222 cm³/mol. The van der Waals surface area contributed by atoms with Crippen LogP contribution < -0.4 is 34.9 Å². The first-order chi connectivity index (χ1) is 30.4. The minimum Gasteiger partial charge on any atom is -0.508 e. The van der Waals surface area contributed by atoms with Crippen LogP contribution in [-0.2, 0) is 52.7 Å². The molecule has 8 atom stereocenters. The number of esters is 1. The lowest BCUT2D eigenvalue weighted by atomic mass is 9.86. The zero-order valence-corrected chi connectivity index (χ0v) is 35.9. The fourth-order valence-corrected chi connectivity index (χ4v) is 8.34. The van der Waals surface area contributed by atoms with E-state index < -0.39 is 67.8 Å². The number of aliphatic hydroxyl groups is 2. The van der Waals surface area contributed by atoms with Crippen LogP contribution in [0.4, 0.5) is 0 Å². The molecule has 0 radical (unpaired) electrons. The van der Waals surface area contributed by atoms with Crippen molar-refractivity contribution in [2.75, 3.05) is 53.4 Å². The van der Waals surface area contributed by atoms with Gasteiger partial charge in [0, 0.05) is 54.5 Å². The molecular weight excluding hydrogens is 824 g/mol. The molecule has 3 aromatic carbocycles. The number of aromatic hydroxyl groups is 1. The highest BCUT2D eigenvalue weighted by Crippen LogP contribution is 2.57. The van der Waals surface area contributed by atoms with Crippen molar-refractivity contribution < 1.29 is 77.7 Å². The van der Waals surface area contributed by atoms with Crippen molar-refractivity contribution in [3.8, 4) is 34.5 Å². The number of hydrogen-bond donors (Lipinski definition) is 6. The van der Waals surface area contributed by atoms with Gasteiger partial charge >= 0.3 is 11.9 Å². The van der Waals surface area contributed by atoms with E-state index in [4.69, 9.17) is 58.5 Å². The number of aryl methyl sites for hydroxylation is 1. The van der Waals surface area contributed by atoms with Gasteiger partial charge in [0.1, 0.15) is 54.7 Å². The number of phenolic OH excluding ortho intramolecular Hbond substituents is 1. The fraction of sp³-hybridized carbons (Fsp3) is 0.556. The van der Waals surface area contributed by atoms with Crippen LogP contribution in [0.3, 0.4) is 0 Å². The molecule has 1 fully saturated rings. The zero-order valence-electron chi connectivity index (χ0n) is 35.9. The standard InChI is InChI=1S/C45H58N2O16/c1-5-24-10-25(13-28(49)12-24)11-26-14-34-30(41-32(20-55-34)29-15-35-42(59-22-58-35)31(9-23(2)3)40(29)61-41)16-33(26)62-63-44-39(53)43(54-8-6-7-48)36(21-56-38(52)17-37(50)51)60-45(44)57-19-27(46)18-47-4/h10,12-16,23,27,32,36,39,41,43-45,47-49,53H,5-9,11,17-22,46H2,1-4H3,(H,50,51)/t27-,32-,36-,39+,41-,43-,44-,45-/m1/s1. The highest BCUT2D eigenvalue weighted by molar-refractivity contribution is 5.90. The summed E-state index contributed by atoms with van der Waals surface area (Å²) in [5.41, 5.74) is 11.2. The van der Waals surface area contributed by atoms with Gasteiger partial charge in [-0.05, 0) is 73.7 Å². The summed E-state index contributed by atoms with van der Waals surface area (Å²) in [4.78, 5) is 35.8. The van der Waals surface area contributed by atoms with Gasteiger partial charge in [-0.25, -0.2) is 0 Å². The Morgan fingerprint density at radius 2 is 1.79 bits per heavy atom. The minimum atomic E-state index is -1.54. The van der Waals surface area contributed by atoms with Crippen LogP contribution in [0, 0.1) is 5.92 Å². The lowest BCUT2D eigenvalue weighted by Crippen LogP contribution is -2.62. The van der Waals surface area contributed by atoms with E-state index in [1.54, 1.807) is 25.2 Å². The van der Waals surface area contributed by atoms with Crippen LogP contribution >= 0.6 is 0 Å². The first-order valence-corrected chi connectivity index (χ1v) is 21.4. The first kappa shape index (κ1) is 46.1. The van der Waals surface area contributed by atoms with Crippen molar-refractivity contribution in [1.82, 2.24) is 5.32 Å². The van der Waals surface area contributed by atoms with E-state index in [-0.39, 0.29) is 56.9 Å². The second kappa shape index (κ2) is 20.7. The molecule has 0 unspecified atom stereocenters. The molecule has 18 nitrogen and oxygen atoms in total. The Hall–Kier alpha value is -4.92. The Kier molecular flexibility index (Phi) is 15.2. The average molecular weight is 883 g/mol. The van der Waals surface area contributed by atoms with Gasteiger partial charge in [0.25, 0.3) is 0 Å². The van der Waals surface area contributed by atoms with Crippen molar-refractivity contribution in [3.05, 3.63) is 69.8 Å². The third-order valence-electron chi connectivity index (χ3n) is 11.2. The first-order valence-electron chi connectivity index (χ1n) is 21.4. The summed E-state index contributed by atoms with van der Waals surface area (Å²) in [5, 5.41) is 44.1. The molecule has 18 heteroatoms. The topological polar surface area (TPSA) is 245 Å². The smallest absolute Gasteiger partial charge is 0.317 e. The minimum absolute atomic E-state index is 0.0169. The molecule has 0 bridgehead atoms. The molecular formula is C45H58N2O16. The van der Waals surface area contributed by atoms with Crippen molar-refractivity contribution in [2.45, 2.75) is 102 Å². The zero-order chi connectivity index (χ0) is 44.8. The van der Waals surface area contributed by atoms with E-state index in [9.17, 15) is 24.9 Å². The van der Waals surface area contributed by atoms with Crippen LogP contribution in [0.1, 0.15) is 79.0 Å². The summed E-state index contributed by atoms with van der Waals surface area (Å²) in [6, 6.07) is 10.5. The maximum atomic E-state index is 12.3.